The number of thiazole rings is 1. The van der Waals surface area contributed by atoms with Crippen molar-refractivity contribution in [2.45, 2.75) is 44.3 Å². The summed E-state index contributed by atoms with van der Waals surface area (Å²) in [7, 11) is 0. The Morgan fingerprint density at radius 1 is 1.48 bits per heavy atom. The number of amides is 1. The third kappa shape index (κ3) is 4.00. The Morgan fingerprint density at radius 2 is 2.30 bits per heavy atom. The molecular weight excluding hydrogens is 332 g/mol. The molecule has 8 heteroatoms. The number of rotatable bonds is 4. The summed E-state index contributed by atoms with van der Waals surface area (Å²) in [6, 6.07) is 1.43. The van der Waals surface area contributed by atoms with Gasteiger partial charge in [0, 0.05) is 16.6 Å². The number of carbonyl (C=O) groups excluding carboxylic acids is 1. The normalized spacial score (nSPS) is 16.9. The Morgan fingerprint density at radius 3 is 3.09 bits per heavy atom. The lowest BCUT2D eigenvalue weighted by Gasteiger charge is -2.22. The van der Waals surface area contributed by atoms with E-state index in [1.165, 1.54) is 22.7 Å². The van der Waals surface area contributed by atoms with Crippen molar-refractivity contribution in [2.24, 2.45) is 0 Å². The fraction of sp³-hybridized carbons (Fsp3) is 0.467. The van der Waals surface area contributed by atoms with Gasteiger partial charge in [-0.25, -0.2) is 9.97 Å². The van der Waals surface area contributed by atoms with Gasteiger partial charge in [0.15, 0.2) is 5.16 Å². The van der Waals surface area contributed by atoms with Crippen molar-refractivity contribution in [2.75, 3.05) is 5.75 Å². The van der Waals surface area contributed by atoms with Crippen molar-refractivity contribution < 1.29 is 4.79 Å². The van der Waals surface area contributed by atoms with Gasteiger partial charge in [0.05, 0.1) is 22.5 Å². The maximum Gasteiger partial charge on any atom is 0.251 e. The van der Waals surface area contributed by atoms with Crippen molar-refractivity contribution in [1.82, 2.24) is 20.3 Å². The van der Waals surface area contributed by atoms with Gasteiger partial charge in [0.1, 0.15) is 0 Å². The van der Waals surface area contributed by atoms with E-state index in [0.29, 0.717) is 10.9 Å². The second kappa shape index (κ2) is 6.84. The Hall–Kier alpha value is -1.67. The number of carbonyl (C=O) groups is 1. The van der Waals surface area contributed by atoms with Crippen LogP contribution in [0.15, 0.2) is 16.0 Å². The number of nitrogens with zero attached hydrogens (tertiary/aromatic N) is 2. The molecule has 0 spiro atoms. The molecule has 2 heterocycles. The van der Waals surface area contributed by atoms with Gasteiger partial charge < -0.3 is 10.3 Å². The maximum absolute atomic E-state index is 12.2. The molecule has 0 saturated heterocycles. The molecule has 0 fully saturated rings. The van der Waals surface area contributed by atoms with Gasteiger partial charge in [-0.1, -0.05) is 11.8 Å². The van der Waals surface area contributed by atoms with Crippen molar-refractivity contribution >= 4 is 29.0 Å². The highest BCUT2D eigenvalue weighted by Crippen LogP contribution is 2.33. The molecule has 0 saturated carbocycles. The van der Waals surface area contributed by atoms with Crippen molar-refractivity contribution in [3.05, 3.63) is 37.7 Å². The van der Waals surface area contributed by atoms with E-state index in [2.05, 4.69) is 20.3 Å². The predicted molar refractivity (Wildman–Crippen MR) is 91.0 cm³/mol. The summed E-state index contributed by atoms with van der Waals surface area (Å²) in [5, 5.41) is 4.57. The first-order chi connectivity index (χ1) is 11.0. The number of hydrogen-bond donors (Lipinski definition) is 2. The molecule has 0 radical (unpaired) electrons. The summed E-state index contributed by atoms with van der Waals surface area (Å²) in [4.78, 5) is 36.3. The first-order valence-electron chi connectivity index (χ1n) is 7.47. The summed E-state index contributed by atoms with van der Waals surface area (Å²) < 4.78 is 0. The average Bonchev–Trinajstić information content (AvgIpc) is 2.86. The average molecular weight is 350 g/mol. The molecule has 0 aliphatic heterocycles. The molecule has 2 aromatic rings. The van der Waals surface area contributed by atoms with Crippen LogP contribution < -0.4 is 10.9 Å². The molecule has 23 heavy (non-hydrogen) atoms. The molecule has 2 aromatic heterocycles. The number of fused-ring (bicyclic) bond motifs is 1. The van der Waals surface area contributed by atoms with Crippen LogP contribution in [-0.4, -0.2) is 26.6 Å². The Balaban J connectivity index is 1.61. The van der Waals surface area contributed by atoms with Crippen molar-refractivity contribution in [3.8, 4) is 0 Å². The van der Waals surface area contributed by atoms with Crippen molar-refractivity contribution in [1.29, 1.82) is 0 Å². The van der Waals surface area contributed by atoms with Crippen LogP contribution in [0.3, 0.4) is 0 Å². The number of aromatic amines is 1. The summed E-state index contributed by atoms with van der Waals surface area (Å²) in [6.45, 7) is 3.75. The van der Waals surface area contributed by atoms with Gasteiger partial charge in [-0.15, -0.1) is 11.3 Å². The second-order valence-corrected chi connectivity index (χ2v) is 7.79. The van der Waals surface area contributed by atoms with E-state index in [0.717, 1.165) is 30.0 Å². The minimum absolute atomic E-state index is 0.00122. The largest absolute Gasteiger partial charge is 0.347 e. The number of aryl methyl sites for hydroxylation is 3. The van der Waals surface area contributed by atoms with Gasteiger partial charge in [-0.05, 0) is 33.1 Å². The van der Waals surface area contributed by atoms with Crippen LogP contribution in [-0.2, 0) is 11.2 Å². The standard InChI is InChI=1S/C15H18N4O2S2/c1-8-6-12(20)19-15(16-8)22-7-13(21)18-10-4-3-5-11-14(10)17-9(2)23-11/h6,10H,3-5,7H2,1-2H3,(H,18,21)(H,16,19,20)/t10-/m1/s1. The molecule has 0 unspecified atom stereocenters. The fourth-order valence-corrected chi connectivity index (χ4v) is 4.44. The zero-order chi connectivity index (χ0) is 16.4. The summed E-state index contributed by atoms with van der Waals surface area (Å²) >= 11 is 2.95. The summed E-state index contributed by atoms with van der Waals surface area (Å²) in [6.07, 6.45) is 3.04. The van der Waals surface area contributed by atoms with E-state index in [-0.39, 0.29) is 23.3 Å². The SMILES string of the molecule is Cc1cc(=O)[nH]c(SCC(=O)N[C@@H]2CCCc3sc(C)nc32)n1. The van der Waals surface area contributed by atoms with E-state index in [9.17, 15) is 9.59 Å². The third-order valence-electron chi connectivity index (χ3n) is 3.58. The number of aromatic nitrogens is 3. The number of hydrogen-bond acceptors (Lipinski definition) is 6. The molecule has 122 valence electrons. The Bertz CT molecular complexity index is 784. The highest BCUT2D eigenvalue weighted by molar-refractivity contribution is 7.99. The van der Waals surface area contributed by atoms with Crippen LogP contribution in [0.5, 0.6) is 0 Å². The van der Waals surface area contributed by atoms with Crippen LogP contribution in [0.4, 0.5) is 0 Å². The molecule has 0 aromatic carbocycles. The first kappa shape index (κ1) is 16.2. The van der Waals surface area contributed by atoms with E-state index in [4.69, 9.17) is 0 Å². The van der Waals surface area contributed by atoms with E-state index in [1.54, 1.807) is 18.3 Å². The van der Waals surface area contributed by atoms with Gasteiger partial charge >= 0.3 is 0 Å². The lowest BCUT2D eigenvalue weighted by molar-refractivity contribution is -0.119. The molecule has 0 bridgehead atoms. The lowest BCUT2D eigenvalue weighted by Crippen LogP contribution is -2.32. The minimum Gasteiger partial charge on any atom is -0.347 e. The Labute approximate surface area is 142 Å². The molecule has 1 aliphatic carbocycles. The third-order valence-corrected chi connectivity index (χ3v) is 5.50. The van der Waals surface area contributed by atoms with Gasteiger partial charge in [-0.2, -0.15) is 0 Å². The highest BCUT2D eigenvalue weighted by atomic mass is 32.2. The zero-order valence-electron chi connectivity index (χ0n) is 13.0. The first-order valence-corrected chi connectivity index (χ1v) is 9.28. The Kier molecular flexibility index (Phi) is 4.82. The minimum atomic E-state index is -0.199. The molecule has 2 N–H and O–H groups in total. The van der Waals surface area contributed by atoms with E-state index in [1.807, 2.05) is 6.92 Å². The summed E-state index contributed by atoms with van der Waals surface area (Å²) in [5.41, 5.74) is 1.47. The van der Waals surface area contributed by atoms with E-state index < -0.39 is 0 Å². The van der Waals surface area contributed by atoms with Crippen LogP contribution in [0.1, 0.15) is 40.2 Å². The van der Waals surface area contributed by atoms with Crippen LogP contribution in [0.2, 0.25) is 0 Å². The van der Waals surface area contributed by atoms with Gasteiger partial charge in [0.2, 0.25) is 5.91 Å². The predicted octanol–water partition coefficient (Wildman–Crippen LogP) is 2.13. The fourth-order valence-electron chi connectivity index (χ4n) is 2.67. The summed E-state index contributed by atoms with van der Waals surface area (Å²) in [5.74, 6) is 0.157. The van der Waals surface area contributed by atoms with E-state index >= 15 is 0 Å². The number of thioether (sulfide) groups is 1. The molecule has 1 amide bonds. The molecular formula is C15H18N4O2S2. The zero-order valence-corrected chi connectivity index (χ0v) is 14.6. The quantitative estimate of drug-likeness (QED) is 0.651. The van der Waals surface area contributed by atoms with Crippen LogP contribution in [0, 0.1) is 13.8 Å². The second-order valence-electron chi connectivity index (χ2n) is 5.53. The van der Waals surface area contributed by atoms with Crippen LogP contribution in [0.25, 0.3) is 0 Å². The molecule has 1 atom stereocenters. The maximum atomic E-state index is 12.2. The smallest absolute Gasteiger partial charge is 0.251 e. The van der Waals surface area contributed by atoms with Gasteiger partial charge in [-0.3, -0.25) is 9.59 Å². The van der Waals surface area contributed by atoms with Crippen molar-refractivity contribution in [3.63, 3.8) is 0 Å². The molecule has 3 rings (SSSR count). The highest BCUT2D eigenvalue weighted by Gasteiger charge is 2.25. The van der Waals surface area contributed by atoms with Crippen LogP contribution >= 0.6 is 23.1 Å². The monoisotopic (exact) mass is 350 g/mol. The lowest BCUT2D eigenvalue weighted by atomic mass is 9.98. The topological polar surface area (TPSA) is 87.7 Å². The molecule has 6 nitrogen and oxygen atoms in total. The number of H-pyrrole nitrogens is 1. The van der Waals surface area contributed by atoms with Gasteiger partial charge in [0.25, 0.3) is 5.56 Å². The number of nitrogens with one attached hydrogen (secondary N) is 2. The molecule has 1 aliphatic rings.